The van der Waals surface area contributed by atoms with Crippen LogP contribution >= 0.6 is 0 Å². The number of fused-ring (bicyclic) bond motifs is 1. The molecule has 0 unspecified atom stereocenters. The van der Waals surface area contributed by atoms with E-state index in [4.69, 9.17) is 23.4 Å². The molecule has 15 nitrogen and oxygen atoms in total. The van der Waals surface area contributed by atoms with Crippen LogP contribution in [-0.2, 0) is 9.47 Å². The van der Waals surface area contributed by atoms with E-state index in [9.17, 15) is 50.8 Å². The van der Waals surface area contributed by atoms with Crippen LogP contribution in [0.3, 0.4) is 0 Å². The summed E-state index contributed by atoms with van der Waals surface area (Å²) in [6.45, 7) is 0.702. The predicted molar refractivity (Wildman–Crippen MR) is 139 cm³/mol. The number of hydrogen-bond acceptors (Lipinski definition) is 15. The van der Waals surface area contributed by atoms with Crippen LogP contribution in [0.1, 0.15) is 6.92 Å². The van der Waals surface area contributed by atoms with Gasteiger partial charge >= 0.3 is 0 Å². The first-order valence-corrected chi connectivity index (χ1v) is 12.9. The van der Waals surface area contributed by atoms with Crippen molar-refractivity contribution in [1.29, 1.82) is 0 Å². The van der Waals surface area contributed by atoms with Crippen molar-refractivity contribution in [3.05, 3.63) is 46.6 Å². The van der Waals surface area contributed by atoms with E-state index in [-0.39, 0.29) is 28.4 Å². The Bertz CT molecular complexity index is 1470. The van der Waals surface area contributed by atoms with E-state index in [0.29, 0.717) is 0 Å². The van der Waals surface area contributed by atoms with Crippen molar-refractivity contribution in [3.8, 4) is 34.3 Å². The Labute approximate surface area is 236 Å². The summed E-state index contributed by atoms with van der Waals surface area (Å²) in [4.78, 5) is 13.7. The summed E-state index contributed by atoms with van der Waals surface area (Å²) < 4.78 is 28.0. The number of hydrogen-bond donors (Lipinski definition) is 9. The van der Waals surface area contributed by atoms with Gasteiger partial charge in [-0.05, 0) is 31.2 Å². The second kappa shape index (κ2) is 11.6. The third kappa shape index (κ3) is 5.37. The highest BCUT2D eigenvalue weighted by Gasteiger charge is 2.46. The number of aliphatic hydroxyl groups excluding tert-OH is 7. The summed E-state index contributed by atoms with van der Waals surface area (Å²) in [7, 11) is 0. The van der Waals surface area contributed by atoms with E-state index in [1.165, 1.54) is 37.3 Å². The summed E-state index contributed by atoms with van der Waals surface area (Å²) in [5.74, 6) is -1.77. The van der Waals surface area contributed by atoms with Crippen LogP contribution in [0.2, 0.25) is 0 Å². The molecule has 0 radical (unpaired) electrons. The fourth-order valence-corrected chi connectivity index (χ4v) is 4.76. The SMILES string of the molecule is C[C@H]1O[C@H](Oc2cc(O)c3c(=O)c(O[C@H]4O[C@@H](CO)[C@@H](O)[C@@H](O)[C@@H]4O)c(-c4ccc(O)cc4)oc3c2)[C@H](O)[C@H](O)[C@H]1O. The van der Waals surface area contributed by atoms with Gasteiger partial charge in [0.05, 0.1) is 12.7 Å². The zero-order valence-electron chi connectivity index (χ0n) is 21.9. The predicted octanol–water partition coefficient (Wildman–Crippen LogP) is -1.74. The molecule has 15 heteroatoms. The van der Waals surface area contributed by atoms with Gasteiger partial charge in [-0.1, -0.05) is 0 Å². The van der Waals surface area contributed by atoms with Crippen LogP contribution in [0.25, 0.3) is 22.3 Å². The number of phenols is 2. The lowest BCUT2D eigenvalue weighted by Gasteiger charge is -2.39. The van der Waals surface area contributed by atoms with Crippen LogP contribution < -0.4 is 14.9 Å². The first kappa shape index (κ1) is 30.0. The number of ether oxygens (including phenoxy) is 4. The lowest BCUT2D eigenvalue weighted by atomic mass is 9.99. The van der Waals surface area contributed by atoms with Gasteiger partial charge in [0.1, 0.15) is 70.9 Å². The van der Waals surface area contributed by atoms with E-state index in [0.717, 1.165) is 6.07 Å². The second-order valence-electron chi connectivity index (χ2n) is 10.1. The molecule has 0 amide bonds. The van der Waals surface area contributed by atoms with Gasteiger partial charge in [-0.25, -0.2) is 0 Å². The monoisotopic (exact) mass is 594 g/mol. The lowest BCUT2D eigenvalue weighted by Crippen LogP contribution is -2.60. The van der Waals surface area contributed by atoms with Gasteiger partial charge in [-0.15, -0.1) is 0 Å². The molecule has 2 fully saturated rings. The topological polar surface area (TPSA) is 249 Å². The van der Waals surface area contributed by atoms with Crippen molar-refractivity contribution >= 4 is 11.0 Å². The Kier molecular flexibility index (Phi) is 8.30. The molecule has 10 atom stereocenters. The average Bonchev–Trinajstić information content (AvgIpc) is 2.96. The average molecular weight is 595 g/mol. The number of phenolic OH excluding ortho intramolecular Hbond substituents is 2. The molecule has 2 aliphatic rings. The van der Waals surface area contributed by atoms with E-state index < -0.39 is 90.3 Å². The molecule has 228 valence electrons. The highest BCUT2D eigenvalue weighted by atomic mass is 16.7. The van der Waals surface area contributed by atoms with Gasteiger partial charge in [-0.2, -0.15) is 0 Å². The zero-order valence-corrected chi connectivity index (χ0v) is 21.9. The molecule has 2 aromatic carbocycles. The Morgan fingerprint density at radius 2 is 1.40 bits per heavy atom. The van der Waals surface area contributed by atoms with Crippen LogP contribution in [-0.4, -0.2) is 114 Å². The third-order valence-corrected chi connectivity index (χ3v) is 7.18. The van der Waals surface area contributed by atoms with Gasteiger partial charge in [0.25, 0.3) is 0 Å². The fourth-order valence-electron chi connectivity index (χ4n) is 4.76. The Morgan fingerprint density at radius 1 is 0.786 bits per heavy atom. The first-order valence-electron chi connectivity index (χ1n) is 12.9. The van der Waals surface area contributed by atoms with Crippen LogP contribution in [0.4, 0.5) is 0 Å². The molecule has 9 N–H and O–H groups in total. The minimum absolute atomic E-state index is 0.112. The molecule has 0 saturated carbocycles. The molecule has 3 aromatic rings. The number of aromatic hydroxyl groups is 2. The Hall–Kier alpha value is -3.51. The molecule has 42 heavy (non-hydrogen) atoms. The van der Waals surface area contributed by atoms with Crippen molar-refractivity contribution in [3.63, 3.8) is 0 Å². The largest absolute Gasteiger partial charge is 0.508 e. The second-order valence-corrected chi connectivity index (χ2v) is 10.1. The molecule has 0 aliphatic carbocycles. The standard InChI is InChI=1S/C27H30O15/c1-9-17(31)20(34)22(36)26(38-9)39-12-6-13(30)16-14(7-12)40-24(10-2-4-11(29)5-3-10)25(19(16)33)42-27-23(37)21(35)18(32)15(8-28)41-27/h2-7,9,15,17-18,20-23,26-32,34-37H,8H2,1H3/t9-,15+,17+,18-,20-,21-,22-,23+,26-,27-/m1/s1. The normalized spacial score (nSPS) is 33.4. The lowest BCUT2D eigenvalue weighted by molar-refractivity contribution is -0.277. The van der Waals surface area contributed by atoms with Crippen LogP contribution in [0, 0.1) is 0 Å². The van der Waals surface area contributed by atoms with Crippen molar-refractivity contribution in [1.82, 2.24) is 0 Å². The third-order valence-electron chi connectivity index (χ3n) is 7.18. The van der Waals surface area contributed by atoms with Crippen molar-refractivity contribution < 1.29 is 69.3 Å². The number of benzene rings is 2. The van der Waals surface area contributed by atoms with Gasteiger partial charge in [0, 0.05) is 17.7 Å². The minimum atomic E-state index is -1.87. The highest BCUT2D eigenvalue weighted by Crippen LogP contribution is 2.38. The molecule has 1 aromatic heterocycles. The molecule has 5 rings (SSSR count). The Balaban J connectivity index is 1.58. The summed E-state index contributed by atoms with van der Waals surface area (Å²) in [5.41, 5.74) is -1.01. The Morgan fingerprint density at radius 3 is 2.05 bits per heavy atom. The van der Waals surface area contributed by atoms with Gasteiger partial charge in [0.2, 0.25) is 23.8 Å². The maximum atomic E-state index is 13.7. The van der Waals surface area contributed by atoms with Crippen molar-refractivity contribution in [2.75, 3.05) is 6.61 Å². The maximum Gasteiger partial charge on any atom is 0.239 e. The quantitative estimate of drug-likeness (QED) is 0.154. The van der Waals surface area contributed by atoms with Crippen molar-refractivity contribution in [2.45, 2.75) is 68.3 Å². The molecule has 2 saturated heterocycles. The molecule has 3 heterocycles. The first-order chi connectivity index (χ1) is 19.9. The van der Waals surface area contributed by atoms with E-state index in [2.05, 4.69) is 0 Å². The van der Waals surface area contributed by atoms with Gasteiger partial charge < -0.3 is 69.3 Å². The molecule has 2 aliphatic heterocycles. The minimum Gasteiger partial charge on any atom is -0.508 e. The molecule has 0 spiro atoms. The number of rotatable bonds is 6. The van der Waals surface area contributed by atoms with Gasteiger partial charge in [0.15, 0.2) is 5.76 Å². The fraction of sp³-hybridized carbons (Fsp3) is 0.444. The van der Waals surface area contributed by atoms with Crippen LogP contribution in [0.15, 0.2) is 45.6 Å². The molecular formula is C27H30O15. The number of aliphatic hydroxyl groups is 7. The summed E-state index contributed by atoms with van der Waals surface area (Å²) in [6, 6.07) is 7.53. The van der Waals surface area contributed by atoms with Crippen LogP contribution in [0.5, 0.6) is 23.0 Å². The molecular weight excluding hydrogens is 564 g/mol. The summed E-state index contributed by atoms with van der Waals surface area (Å²) >= 11 is 0. The summed E-state index contributed by atoms with van der Waals surface area (Å²) in [5, 5.41) is 90.7. The maximum absolute atomic E-state index is 13.7. The smallest absolute Gasteiger partial charge is 0.239 e. The van der Waals surface area contributed by atoms with Gasteiger partial charge in [-0.3, -0.25) is 4.79 Å². The zero-order chi connectivity index (χ0) is 30.5. The van der Waals surface area contributed by atoms with E-state index >= 15 is 0 Å². The van der Waals surface area contributed by atoms with E-state index in [1.54, 1.807) is 0 Å². The molecule has 0 bridgehead atoms. The van der Waals surface area contributed by atoms with Crippen molar-refractivity contribution in [2.24, 2.45) is 0 Å². The highest BCUT2D eigenvalue weighted by molar-refractivity contribution is 5.88. The van der Waals surface area contributed by atoms with E-state index in [1.807, 2.05) is 0 Å². The summed E-state index contributed by atoms with van der Waals surface area (Å²) in [6.07, 6.45) is -15.5.